The third kappa shape index (κ3) is 4.68. The number of rotatable bonds is 9. The Morgan fingerprint density at radius 3 is 2.45 bits per heavy atom. The van der Waals surface area contributed by atoms with Crippen LogP contribution in [-0.2, 0) is 19.6 Å². The molecule has 4 aromatic rings. The molecule has 0 spiro atoms. The van der Waals surface area contributed by atoms with Crippen molar-refractivity contribution in [2.75, 3.05) is 14.2 Å². The van der Waals surface area contributed by atoms with Crippen molar-refractivity contribution in [1.29, 1.82) is 0 Å². The van der Waals surface area contributed by atoms with Crippen LogP contribution >= 0.6 is 0 Å². The summed E-state index contributed by atoms with van der Waals surface area (Å²) < 4.78 is 25.9. The number of hydrogen-bond donors (Lipinski definition) is 2. The molecule has 0 amide bonds. The smallest absolute Gasteiger partial charge is 0.352 e. The highest BCUT2D eigenvalue weighted by atomic mass is 19.1. The number of halogens is 1. The zero-order chi connectivity index (χ0) is 23.4. The summed E-state index contributed by atoms with van der Waals surface area (Å²) in [7, 11) is 3.21. The van der Waals surface area contributed by atoms with Crippen molar-refractivity contribution >= 4 is 16.9 Å². The van der Waals surface area contributed by atoms with E-state index in [9.17, 15) is 14.3 Å². The Balaban J connectivity index is 1.67. The normalized spacial score (nSPS) is 11.0. The van der Waals surface area contributed by atoms with Gasteiger partial charge in [-0.25, -0.2) is 9.18 Å². The topological polar surface area (TPSA) is 72.7 Å². The van der Waals surface area contributed by atoms with Crippen LogP contribution in [0.15, 0.2) is 66.7 Å². The second-order valence-corrected chi connectivity index (χ2v) is 7.64. The number of hydrogen-bond acceptors (Lipinski definition) is 4. The molecule has 2 N–H and O–H groups in total. The van der Waals surface area contributed by atoms with E-state index >= 15 is 0 Å². The van der Waals surface area contributed by atoms with E-state index in [1.165, 1.54) is 12.1 Å². The lowest BCUT2D eigenvalue weighted by Crippen LogP contribution is -2.17. The van der Waals surface area contributed by atoms with Crippen LogP contribution in [0.2, 0.25) is 0 Å². The summed E-state index contributed by atoms with van der Waals surface area (Å²) in [5, 5.41) is 14.3. The predicted molar refractivity (Wildman–Crippen MR) is 124 cm³/mol. The lowest BCUT2D eigenvalue weighted by Gasteiger charge is -2.12. The van der Waals surface area contributed by atoms with Gasteiger partial charge in [-0.05, 0) is 42.0 Å². The molecule has 1 aromatic heterocycles. The fraction of sp³-hybridized carbons (Fsp3) is 0.192. The lowest BCUT2D eigenvalue weighted by atomic mass is 10.1. The molecule has 3 aromatic carbocycles. The zero-order valence-electron chi connectivity index (χ0n) is 18.5. The molecule has 0 unspecified atom stereocenters. The summed E-state index contributed by atoms with van der Waals surface area (Å²) in [6.45, 7) is 1.14. The van der Waals surface area contributed by atoms with Crippen molar-refractivity contribution in [3.63, 3.8) is 0 Å². The molecule has 0 saturated heterocycles. The molecular formula is C26H25FN2O4. The van der Waals surface area contributed by atoms with E-state index in [1.54, 1.807) is 30.9 Å². The molecule has 0 fully saturated rings. The van der Waals surface area contributed by atoms with E-state index in [4.69, 9.17) is 9.47 Å². The van der Waals surface area contributed by atoms with Crippen molar-refractivity contribution < 1.29 is 23.8 Å². The third-order valence-electron chi connectivity index (χ3n) is 5.64. The lowest BCUT2D eigenvalue weighted by molar-refractivity contribution is 0.0684. The first-order valence-corrected chi connectivity index (χ1v) is 10.5. The van der Waals surface area contributed by atoms with Crippen LogP contribution in [0.5, 0.6) is 11.5 Å². The van der Waals surface area contributed by atoms with Crippen molar-refractivity contribution in [3.8, 4) is 11.5 Å². The second-order valence-electron chi connectivity index (χ2n) is 7.64. The van der Waals surface area contributed by atoms with Gasteiger partial charge in [0.1, 0.15) is 23.0 Å². The van der Waals surface area contributed by atoms with Gasteiger partial charge in [-0.1, -0.05) is 30.3 Å². The molecule has 0 aliphatic carbocycles. The molecule has 0 aliphatic heterocycles. The monoisotopic (exact) mass is 448 g/mol. The van der Waals surface area contributed by atoms with Gasteiger partial charge in [0.2, 0.25) is 0 Å². The standard InChI is InChI=1S/C26H25FN2O4/c1-32-20-11-12-24(33-2)18(13-20)14-28-15-22-21-5-3-4-6-23(21)29(25(22)26(30)31)16-17-7-9-19(27)10-8-17/h3-13,28H,14-16H2,1-2H3,(H,30,31). The van der Waals surface area contributed by atoms with Gasteiger partial charge in [0, 0.05) is 41.7 Å². The number of nitrogens with zero attached hydrogens (tertiary/aromatic N) is 1. The Morgan fingerprint density at radius 2 is 1.76 bits per heavy atom. The van der Waals surface area contributed by atoms with E-state index in [1.807, 2.05) is 42.5 Å². The average molecular weight is 448 g/mol. The maximum absolute atomic E-state index is 13.3. The largest absolute Gasteiger partial charge is 0.497 e. The first-order chi connectivity index (χ1) is 16.0. The van der Waals surface area contributed by atoms with E-state index in [-0.39, 0.29) is 11.5 Å². The first kappa shape index (κ1) is 22.4. The van der Waals surface area contributed by atoms with Gasteiger partial charge in [0.15, 0.2) is 0 Å². The van der Waals surface area contributed by atoms with Gasteiger partial charge in [0.25, 0.3) is 0 Å². The fourth-order valence-corrected chi connectivity index (χ4v) is 4.08. The maximum Gasteiger partial charge on any atom is 0.352 e. The van der Waals surface area contributed by atoms with Crippen molar-refractivity contribution in [2.45, 2.75) is 19.6 Å². The summed E-state index contributed by atoms with van der Waals surface area (Å²) >= 11 is 0. The molecule has 1 heterocycles. The molecule has 0 aliphatic rings. The van der Waals surface area contributed by atoms with Crippen LogP contribution in [-0.4, -0.2) is 29.9 Å². The Morgan fingerprint density at radius 1 is 1.00 bits per heavy atom. The van der Waals surface area contributed by atoms with E-state index in [0.717, 1.165) is 33.5 Å². The van der Waals surface area contributed by atoms with Gasteiger partial charge < -0.3 is 24.5 Å². The van der Waals surface area contributed by atoms with Gasteiger partial charge in [-0.3, -0.25) is 0 Å². The summed E-state index contributed by atoms with van der Waals surface area (Å²) in [6, 6.07) is 19.3. The molecule has 170 valence electrons. The Bertz CT molecular complexity index is 1280. The Labute approximate surface area is 191 Å². The van der Waals surface area contributed by atoms with E-state index < -0.39 is 5.97 Å². The van der Waals surface area contributed by atoms with Crippen LogP contribution in [0.4, 0.5) is 4.39 Å². The highest BCUT2D eigenvalue weighted by Crippen LogP contribution is 2.28. The summed E-state index contributed by atoms with van der Waals surface area (Å²) in [6.07, 6.45) is 0. The van der Waals surface area contributed by atoms with Gasteiger partial charge in [0.05, 0.1) is 14.2 Å². The number of carboxylic acid groups (broad SMARTS) is 1. The SMILES string of the molecule is COc1ccc(OC)c(CNCc2c(C(=O)O)n(Cc3ccc(F)cc3)c3ccccc23)c1. The number of aromatic carboxylic acids is 1. The number of para-hydroxylation sites is 1. The zero-order valence-corrected chi connectivity index (χ0v) is 18.5. The van der Waals surface area contributed by atoms with E-state index in [2.05, 4.69) is 5.32 Å². The number of benzene rings is 3. The quantitative estimate of drug-likeness (QED) is 0.384. The Hall–Kier alpha value is -3.84. The first-order valence-electron chi connectivity index (χ1n) is 10.5. The van der Waals surface area contributed by atoms with Crippen molar-refractivity contribution in [3.05, 3.63) is 94.9 Å². The van der Waals surface area contributed by atoms with Crippen molar-refractivity contribution in [2.24, 2.45) is 0 Å². The fourth-order valence-electron chi connectivity index (χ4n) is 4.08. The average Bonchev–Trinajstić information content (AvgIpc) is 3.14. The molecule has 33 heavy (non-hydrogen) atoms. The molecule has 0 bridgehead atoms. The van der Waals surface area contributed by atoms with E-state index in [0.29, 0.717) is 25.2 Å². The molecule has 0 atom stereocenters. The summed E-state index contributed by atoms with van der Waals surface area (Å²) in [4.78, 5) is 12.3. The minimum absolute atomic E-state index is 0.214. The van der Waals surface area contributed by atoms with Crippen LogP contribution in [0.3, 0.4) is 0 Å². The Kier molecular flexibility index (Phi) is 6.60. The van der Waals surface area contributed by atoms with Crippen LogP contribution in [0.25, 0.3) is 10.9 Å². The minimum atomic E-state index is -1.01. The number of methoxy groups -OCH3 is 2. The highest BCUT2D eigenvalue weighted by Gasteiger charge is 2.22. The number of ether oxygens (including phenoxy) is 2. The summed E-state index contributed by atoms with van der Waals surface area (Å²) in [5.74, 6) is 0.103. The van der Waals surface area contributed by atoms with Crippen LogP contribution in [0.1, 0.15) is 27.2 Å². The number of carboxylic acids is 1. The second kappa shape index (κ2) is 9.75. The van der Waals surface area contributed by atoms with Gasteiger partial charge in [-0.2, -0.15) is 0 Å². The minimum Gasteiger partial charge on any atom is -0.497 e. The van der Waals surface area contributed by atoms with Crippen LogP contribution < -0.4 is 14.8 Å². The summed E-state index contributed by atoms with van der Waals surface area (Å²) in [5.41, 5.74) is 3.45. The highest BCUT2D eigenvalue weighted by molar-refractivity contribution is 5.98. The third-order valence-corrected chi connectivity index (χ3v) is 5.64. The van der Waals surface area contributed by atoms with Gasteiger partial charge in [-0.15, -0.1) is 0 Å². The van der Waals surface area contributed by atoms with Gasteiger partial charge >= 0.3 is 5.97 Å². The number of fused-ring (bicyclic) bond motifs is 1. The molecule has 4 rings (SSSR count). The van der Waals surface area contributed by atoms with Crippen LogP contribution in [0, 0.1) is 5.82 Å². The molecule has 7 heteroatoms. The number of nitrogens with one attached hydrogen (secondary N) is 1. The molecular weight excluding hydrogens is 423 g/mol. The maximum atomic E-state index is 13.3. The predicted octanol–water partition coefficient (Wildman–Crippen LogP) is 4.83. The number of aromatic nitrogens is 1. The molecule has 0 saturated carbocycles. The molecule has 0 radical (unpaired) electrons. The number of carbonyl (C=O) groups is 1. The van der Waals surface area contributed by atoms with Crippen molar-refractivity contribution in [1.82, 2.24) is 9.88 Å². The molecule has 6 nitrogen and oxygen atoms in total.